The lowest BCUT2D eigenvalue weighted by Crippen LogP contribution is -2.48. The fourth-order valence-electron chi connectivity index (χ4n) is 1.64. The monoisotopic (exact) mass is 358 g/mol. The highest BCUT2D eigenvalue weighted by Gasteiger charge is 2.30. The van der Waals surface area contributed by atoms with Crippen molar-refractivity contribution in [3.63, 3.8) is 0 Å². The topological polar surface area (TPSA) is 93.7 Å². The first-order valence-electron chi connectivity index (χ1n) is 8.48. The highest BCUT2D eigenvalue weighted by molar-refractivity contribution is 5.88. The van der Waals surface area contributed by atoms with Crippen molar-refractivity contribution in [3.8, 4) is 0 Å². The Morgan fingerprint density at radius 2 is 1.32 bits per heavy atom. The second-order valence-electron chi connectivity index (χ2n) is 9.27. The summed E-state index contributed by atoms with van der Waals surface area (Å²) in [6.07, 6.45) is -0.989. The van der Waals surface area contributed by atoms with Crippen molar-refractivity contribution in [2.45, 2.75) is 86.0 Å². The number of carbonyl (C=O) groups excluding carboxylic acids is 3. The molecule has 0 aliphatic carbocycles. The van der Waals surface area contributed by atoms with Crippen molar-refractivity contribution in [3.05, 3.63) is 0 Å². The molecule has 0 fully saturated rings. The lowest BCUT2D eigenvalue weighted by atomic mass is 9.97. The van der Waals surface area contributed by atoms with E-state index in [4.69, 9.17) is 9.47 Å². The summed E-state index contributed by atoms with van der Waals surface area (Å²) in [4.78, 5) is 36.4. The minimum absolute atomic E-state index is 0.0876. The highest BCUT2D eigenvalue weighted by atomic mass is 16.6. The summed E-state index contributed by atoms with van der Waals surface area (Å²) in [5.74, 6) is -1.02. The van der Waals surface area contributed by atoms with Crippen molar-refractivity contribution < 1.29 is 23.9 Å². The van der Waals surface area contributed by atoms with Gasteiger partial charge in [-0.25, -0.2) is 9.59 Å². The van der Waals surface area contributed by atoms with Crippen LogP contribution in [0.1, 0.15) is 68.7 Å². The van der Waals surface area contributed by atoms with E-state index in [-0.39, 0.29) is 17.7 Å². The Labute approximate surface area is 151 Å². The van der Waals surface area contributed by atoms with Crippen LogP contribution in [0.5, 0.6) is 0 Å². The summed E-state index contributed by atoms with van der Waals surface area (Å²) >= 11 is 0. The second kappa shape index (κ2) is 8.54. The number of rotatable bonds is 5. The molecule has 0 aromatic carbocycles. The first kappa shape index (κ1) is 23.2. The minimum atomic E-state index is -1.12. The fourth-order valence-corrected chi connectivity index (χ4v) is 1.64. The average Bonchev–Trinajstić information content (AvgIpc) is 2.30. The van der Waals surface area contributed by atoms with Gasteiger partial charge in [-0.15, -0.1) is 0 Å². The SMILES string of the molecule is CC(C)(C)CNC(=O)CC(NC(=O)OC(C)(C)C)C(=O)OC(C)(C)C. The van der Waals surface area contributed by atoms with Gasteiger partial charge in [0.1, 0.15) is 17.2 Å². The molecule has 0 rings (SSSR count). The summed E-state index contributed by atoms with van der Waals surface area (Å²) in [6.45, 7) is 16.7. The number of hydrogen-bond acceptors (Lipinski definition) is 5. The van der Waals surface area contributed by atoms with Crippen LogP contribution in [-0.4, -0.2) is 41.8 Å². The Morgan fingerprint density at radius 1 is 0.840 bits per heavy atom. The van der Waals surface area contributed by atoms with Gasteiger partial charge in [-0.3, -0.25) is 4.79 Å². The molecule has 0 saturated heterocycles. The smallest absolute Gasteiger partial charge is 0.408 e. The Hall–Kier alpha value is -1.79. The molecule has 1 atom stereocenters. The van der Waals surface area contributed by atoms with Gasteiger partial charge in [-0.1, -0.05) is 20.8 Å². The molecular formula is C18H34N2O5. The Morgan fingerprint density at radius 3 is 1.72 bits per heavy atom. The van der Waals surface area contributed by atoms with E-state index in [9.17, 15) is 14.4 Å². The van der Waals surface area contributed by atoms with Gasteiger partial charge in [0.15, 0.2) is 0 Å². The van der Waals surface area contributed by atoms with Crippen LogP contribution in [-0.2, 0) is 19.1 Å². The minimum Gasteiger partial charge on any atom is -0.458 e. The normalized spacial score (nSPS) is 13.6. The molecule has 0 saturated carbocycles. The molecule has 2 amide bonds. The zero-order valence-corrected chi connectivity index (χ0v) is 17.0. The molecule has 0 bridgehead atoms. The molecule has 0 aliphatic heterocycles. The van der Waals surface area contributed by atoms with Crippen LogP contribution in [0.3, 0.4) is 0 Å². The third kappa shape index (κ3) is 13.2. The van der Waals surface area contributed by atoms with Gasteiger partial charge in [0.05, 0.1) is 6.42 Å². The molecule has 2 N–H and O–H groups in total. The molecule has 0 radical (unpaired) electrons. The van der Waals surface area contributed by atoms with E-state index >= 15 is 0 Å². The van der Waals surface area contributed by atoms with Crippen molar-refractivity contribution in [1.29, 1.82) is 0 Å². The van der Waals surface area contributed by atoms with Gasteiger partial charge in [0, 0.05) is 6.54 Å². The predicted octanol–water partition coefficient (Wildman–Crippen LogP) is 2.77. The Balaban J connectivity index is 4.98. The molecule has 0 aromatic heterocycles. The molecule has 7 nitrogen and oxygen atoms in total. The molecule has 0 aliphatic rings. The standard InChI is InChI=1S/C18H34N2O5/c1-16(2,3)11-19-13(21)10-12(14(22)24-17(4,5)6)20-15(23)25-18(7,8)9/h12H,10-11H2,1-9H3,(H,19,21)(H,20,23). The summed E-state index contributed by atoms with van der Waals surface area (Å²) < 4.78 is 10.4. The van der Waals surface area contributed by atoms with Crippen LogP contribution in [0.2, 0.25) is 0 Å². The number of esters is 1. The third-order valence-electron chi connectivity index (χ3n) is 2.59. The van der Waals surface area contributed by atoms with Crippen LogP contribution in [0.25, 0.3) is 0 Å². The predicted molar refractivity (Wildman–Crippen MR) is 96.1 cm³/mol. The number of alkyl carbamates (subject to hydrolysis) is 1. The van der Waals surface area contributed by atoms with Crippen LogP contribution in [0, 0.1) is 5.41 Å². The van der Waals surface area contributed by atoms with Crippen LogP contribution in [0.4, 0.5) is 4.79 Å². The number of amides is 2. The second-order valence-corrected chi connectivity index (χ2v) is 9.27. The van der Waals surface area contributed by atoms with Gasteiger partial charge in [-0.05, 0) is 47.0 Å². The van der Waals surface area contributed by atoms with Crippen molar-refractivity contribution in [2.75, 3.05) is 6.54 Å². The summed E-state index contributed by atoms with van der Waals surface area (Å²) in [6, 6.07) is -1.12. The zero-order chi connectivity index (χ0) is 20.1. The van der Waals surface area contributed by atoms with E-state index in [0.717, 1.165) is 0 Å². The van der Waals surface area contributed by atoms with Crippen molar-refractivity contribution in [2.24, 2.45) is 5.41 Å². The van der Waals surface area contributed by atoms with E-state index < -0.39 is 29.3 Å². The molecule has 0 heterocycles. The summed E-state index contributed by atoms with van der Waals surface area (Å²) in [5, 5.41) is 5.18. The Bertz CT molecular complexity index is 481. The molecular weight excluding hydrogens is 324 g/mol. The van der Waals surface area contributed by atoms with E-state index in [2.05, 4.69) is 10.6 Å². The molecule has 1 unspecified atom stereocenters. The lowest BCUT2D eigenvalue weighted by molar-refractivity contribution is -0.158. The van der Waals surface area contributed by atoms with Gasteiger partial charge < -0.3 is 20.1 Å². The lowest BCUT2D eigenvalue weighted by Gasteiger charge is -2.26. The van der Waals surface area contributed by atoms with E-state index in [1.54, 1.807) is 41.5 Å². The van der Waals surface area contributed by atoms with E-state index in [1.165, 1.54) is 0 Å². The summed E-state index contributed by atoms with van der Waals surface area (Å²) in [7, 11) is 0. The maximum Gasteiger partial charge on any atom is 0.408 e. The molecule has 146 valence electrons. The van der Waals surface area contributed by atoms with Crippen LogP contribution < -0.4 is 10.6 Å². The van der Waals surface area contributed by atoms with Gasteiger partial charge >= 0.3 is 12.1 Å². The molecule has 25 heavy (non-hydrogen) atoms. The average molecular weight is 358 g/mol. The number of ether oxygens (including phenoxy) is 2. The Kier molecular flexibility index (Phi) is 7.93. The summed E-state index contributed by atoms with van der Waals surface area (Å²) in [5.41, 5.74) is -1.53. The molecule has 0 spiro atoms. The van der Waals surface area contributed by atoms with Crippen molar-refractivity contribution in [1.82, 2.24) is 10.6 Å². The first-order valence-corrected chi connectivity index (χ1v) is 8.48. The van der Waals surface area contributed by atoms with E-state index in [1.807, 2.05) is 20.8 Å². The highest BCUT2D eigenvalue weighted by Crippen LogP contribution is 2.13. The molecule has 7 heteroatoms. The van der Waals surface area contributed by atoms with Gasteiger partial charge in [-0.2, -0.15) is 0 Å². The number of hydrogen-bond donors (Lipinski definition) is 2. The van der Waals surface area contributed by atoms with E-state index in [0.29, 0.717) is 6.54 Å². The quantitative estimate of drug-likeness (QED) is 0.737. The van der Waals surface area contributed by atoms with Gasteiger partial charge in [0.2, 0.25) is 5.91 Å². The first-order chi connectivity index (χ1) is 11.0. The third-order valence-corrected chi connectivity index (χ3v) is 2.59. The fraction of sp³-hybridized carbons (Fsp3) is 0.833. The zero-order valence-electron chi connectivity index (χ0n) is 17.0. The maximum absolute atomic E-state index is 12.3. The van der Waals surface area contributed by atoms with Crippen LogP contribution in [0.15, 0.2) is 0 Å². The maximum atomic E-state index is 12.3. The van der Waals surface area contributed by atoms with Crippen LogP contribution >= 0.6 is 0 Å². The number of carbonyl (C=O) groups is 3. The van der Waals surface area contributed by atoms with Crippen molar-refractivity contribution >= 4 is 18.0 Å². The van der Waals surface area contributed by atoms with Gasteiger partial charge in [0.25, 0.3) is 0 Å². The largest absolute Gasteiger partial charge is 0.458 e. The molecule has 0 aromatic rings. The number of nitrogens with one attached hydrogen (secondary N) is 2.